The first-order valence-electron chi connectivity index (χ1n) is 7.82. The zero-order valence-corrected chi connectivity index (χ0v) is 13.2. The summed E-state index contributed by atoms with van der Waals surface area (Å²) in [7, 11) is 0. The van der Waals surface area contributed by atoms with Crippen LogP contribution < -0.4 is 0 Å². The normalized spacial score (nSPS) is 21.8. The molecule has 1 fully saturated rings. The zero-order chi connectivity index (χ0) is 15.7. The third-order valence-corrected chi connectivity index (χ3v) is 4.83. The van der Waals surface area contributed by atoms with Crippen LogP contribution in [0, 0.1) is 5.92 Å². The summed E-state index contributed by atoms with van der Waals surface area (Å²) in [5, 5.41) is 0. The maximum atomic E-state index is 4.34. The molecule has 22 heavy (non-hydrogen) atoms. The minimum absolute atomic E-state index is 0.390. The predicted molar refractivity (Wildman–Crippen MR) is 93.4 cm³/mol. The van der Waals surface area contributed by atoms with Gasteiger partial charge >= 0.3 is 0 Å². The Balaban J connectivity index is 1.86. The lowest BCUT2D eigenvalue weighted by atomic mass is 9.84. The first kappa shape index (κ1) is 14.6. The Kier molecular flexibility index (Phi) is 3.88. The Hall–Kier alpha value is -2.29. The van der Waals surface area contributed by atoms with Crippen LogP contribution >= 0.6 is 0 Å². The van der Waals surface area contributed by atoms with E-state index < -0.39 is 0 Å². The van der Waals surface area contributed by atoms with E-state index in [4.69, 9.17) is 0 Å². The zero-order valence-electron chi connectivity index (χ0n) is 13.2. The van der Waals surface area contributed by atoms with Crippen LogP contribution in [0.1, 0.15) is 25.3 Å². The number of fused-ring (bicyclic) bond motifs is 1. The molecule has 0 amide bonds. The van der Waals surface area contributed by atoms with Crippen LogP contribution in [-0.4, -0.2) is 27.5 Å². The van der Waals surface area contributed by atoms with Crippen LogP contribution in [0.25, 0.3) is 16.7 Å². The number of aromatic nitrogens is 2. The van der Waals surface area contributed by atoms with Gasteiger partial charge in [0, 0.05) is 24.2 Å². The highest BCUT2D eigenvalue weighted by Crippen LogP contribution is 2.34. The topological polar surface area (TPSA) is 31.9 Å². The van der Waals surface area contributed by atoms with Crippen molar-refractivity contribution in [1.82, 2.24) is 14.9 Å². The molecule has 0 radical (unpaired) electrons. The average Bonchev–Trinajstić information content (AvgIpc) is 3.01. The van der Waals surface area contributed by atoms with Gasteiger partial charge in [-0.05, 0) is 37.5 Å². The van der Waals surface area contributed by atoms with Gasteiger partial charge < -0.3 is 9.88 Å². The van der Waals surface area contributed by atoms with E-state index in [9.17, 15) is 0 Å². The van der Waals surface area contributed by atoms with E-state index >= 15 is 0 Å². The molecule has 114 valence electrons. The molecule has 1 saturated heterocycles. The number of hydrogen-bond acceptors (Lipinski definition) is 2. The monoisotopic (exact) mass is 293 g/mol. The lowest BCUT2D eigenvalue weighted by Gasteiger charge is -2.42. The van der Waals surface area contributed by atoms with Crippen molar-refractivity contribution in [1.29, 1.82) is 0 Å². The number of H-pyrrole nitrogens is 1. The van der Waals surface area contributed by atoms with Gasteiger partial charge in [-0.1, -0.05) is 37.5 Å². The molecule has 0 bridgehead atoms. The number of likely N-dealkylation sites (tertiary alicyclic amines) is 1. The highest BCUT2D eigenvalue weighted by molar-refractivity contribution is 5.79. The molecule has 1 aliphatic rings. The molecule has 2 aromatic rings. The highest BCUT2D eigenvalue weighted by Gasteiger charge is 2.29. The van der Waals surface area contributed by atoms with Gasteiger partial charge in [0.05, 0.1) is 17.4 Å². The van der Waals surface area contributed by atoms with Crippen LogP contribution in [0.3, 0.4) is 0 Å². The van der Waals surface area contributed by atoms with Crippen LogP contribution in [0.15, 0.2) is 55.9 Å². The molecule has 3 rings (SSSR count). The van der Waals surface area contributed by atoms with E-state index in [2.05, 4.69) is 59.7 Å². The number of nitrogens with one attached hydrogen (secondary N) is 1. The Morgan fingerprint density at radius 1 is 1.41 bits per heavy atom. The number of imidazole rings is 1. The fourth-order valence-corrected chi connectivity index (χ4v) is 3.45. The predicted octanol–water partition coefficient (Wildman–Crippen LogP) is 4.38. The first-order valence-corrected chi connectivity index (χ1v) is 7.82. The molecule has 1 aliphatic heterocycles. The van der Waals surface area contributed by atoms with Gasteiger partial charge in [-0.3, -0.25) is 0 Å². The Bertz CT molecular complexity index is 725. The van der Waals surface area contributed by atoms with E-state index in [-0.39, 0.29) is 0 Å². The van der Waals surface area contributed by atoms with E-state index in [1.807, 2.05) is 6.08 Å². The molecule has 1 aromatic carbocycles. The molecular formula is C19H23N3. The molecule has 2 atom stereocenters. The van der Waals surface area contributed by atoms with Crippen molar-refractivity contribution in [2.24, 2.45) is 5.92 Å². The quantitative estimate of drug-likeness (QED) is 0.849. The third-order valence-electron chi connectivity index (χ3n) is 4.83. The fraction of sp³-hybridized carbons (Fsp3) is 0.316. The molecule has 1 aromatic heterocycles. The summed E-state index contributed by atoms with van der Waals surface area (Å²) in [6.07, 6.45) is 5.95. The van der Waals surface area contributed by atoms with E-state index in [0.717, 1.165) is 40.8 Å². The lowest BCUT2D eigenvalue weighted by Crippen LogP contribution is -2.42. The Labute approximate surface area is 132 Å². The first-order chi connectivity index (χ1) is 10.6. The van der Waals surface area contributed by atoms with Gasteiger partial charge in [-0.25, -0.2) is 4.98 Å². The molecular weight excluding hydrogens is 270 g/mol. The van der Waals surface area contributed by atoms with E-state index in [1.54, 1.807) is 6.33 Å². The van der Waals surface area contributed by atoms with Crippen LogP contribution in [-0.2, 0) is 0 Å². The molecule has 0 aliphatic carbocycles. The molecule has 1 N–H and O–H groups in total. The smallest absolute Gasteiger partial charge is 0.0931 e. The molecule has 2 heterocycles. The summed E-state index contributed by atoms with van der Waals surface area (Å²) in [5.74, 6) is 0.456. The molecule has 0 unspecified atom stereocenters. The van der Waals surface area contributed by atoms with Crippen molar-refractivity contribution >= 4 is 16.7 Å². The second-order valence-electron chi connectivity index (χ2n) is 6.04. The van der Waals surface area contributed by atoms with Gasteiger partial charge in [0.1, 0.15) is 0 Å². The average molecular weight is 293 g/mol. The minimum Gasteiger partial charge on any atom is -0.368 e. The van der Waals surface area contributed by atoms with Crippen molar-refractivity contribution in [2.75, 3.05) is 6.54 Å². The maximum Gasteiger partial charge on any atom is 0.0931 e. The van der Waals surface area contributed by atoms with Crippen LogP contribution in [0.4, 0.5) is 0 Å². The number of aromatic amines is 1. The number of piperidine rings is 1. The van der Waals surface area contributed by atoms with Gasteiger partial charge in [-0.15, -0.1) is 0 Å². The number of allylic oxidation sites excluding steroid dienone is 1. The van der Waals surface area contributed by atoms with Crippen molar-refractivity contribution in [2.45, 2.75) is 25.8 Å². The largest absolute Gasteiger partial charge is 0.368 e. The summed E-state index contributed by atoms with van der Waals surface area (Å²) in [6, 6.07) is 6.67. The van der Waals surface area contributed by atoms with Gasteiger partial charge in [0.25, 0.3) is 0 Å². The summed E-state index contributed by atoms with van der Waals surface area (Å²) >= 11 is 0. The summed E-state index contributed by atoms with van der Waals surface area (Å²) in [5.41, 5.74) is 5.37. The molecule has 0 spiro atoms. The summed E-state index contributed by atoms with van der Waals surface area (Å²) < 4.78 is 0. The Morgan fingerprint density at radius 2 is 2.23 bits per heavy atom. The lowest BCUT2D eigenvalue weighted by molar-refractivity contribution is 0.193. The number of rotatable bonds is 4. The highest BCUT2D eigenvalue weighted by atomic mass is 15.2. The maximum absolute atomic E-state index is 4.34. The second-order valence-corrected chi connectivity index (χ2v) is 6.04. The molecule has 3 nitrogen and oxygen atoms in total. The Morgan fingerprint density at radius 3 is 3.00 bits per heavy atom. The number of nitrogens with zero attached hydrogens (tertiary/aromatic N) is 2. The van der Waals surface area contributed by atoms with E-state index in [1.165, 1.54) is 6.42 Å². The third kappa shape index (κ3) is 2.47. The molecule has 0 saturated carbocycles. The van der Waals surface area contributed by atoms with Crippen molar-refractivity contribution in [3.8, 4) is 0 Å². The van der Waals surface area contributed by atoms with Gasteiger partial charge in [-0.2, -0.15) is 0 Å². The summed E-state index contributed by atoms with van der Waals surface area (Å²) in [4.78, 5) is 9.87. The van der Waals surface area contributed by atoms with Gasteiger partial charge in [0.15, 0.2) is 0 Å². The van der Waals surface area contributed by atoms with Crippen molar-refractivity contribution < 1.29 is 0 Å². The minimum atomic E-state index is 0.390. The van der Waals surface area contributed by atoms with Crippen LogP contribution in [0.5, 0.6) is 0 Å². The number of benzene rings is 1. The second kappa shape index (κ2) is 5.84. The van der Waals surface area contributed by atoms with Crippen molar-refractivity contribution in [3.63, 3.8) is 0 Å². The van der Waals surface area contributed by atoms with E-state index in [0.29, 0.717) is 12.0 Å². The summed E-state index contributed by atoms with van der Waals surface area (Å²) in [6.45, 7) is 15.7. The molecule has 3 heteroatoms. The van der Waals surface area contributed by atoms with Gasteiger partial charge in [0.2, 0.25) is 0 Å². The SMILES string of the molecule is C=CC(=C)[C@H]1CCCN(C(=C)c2ccc3[nH]cnc3c2)[C@H]1C. The van der Waals surface area contributed by atoms with Crippen LogP contribution in [0.2, 0.25) is 0 Å². The number of hydrogen-bond donors (Lipinski definition) is 1. The van der Waals surface area contributed by atoms with Crippen molar-refractivity contribution in [3.05, 3.63) is 61.5 Å². The standard InChI is InChI=1S/C19H23N3/c1-5-13(2)17-7-6-10-22(15(17)4)14(3)16-8-9-18-19(11-16)21-12-20-18/h5,8-9,11-12,15,17H,1-3,6-7,10H2,4H3,(H,20,21)/t15-,17+/m0/s1. The fourth-order valence-electron chi connectivity index (χ4n) is 3.45.